The Kier molecular flexibility index (Phi) is 4.15. The quantitative estimate of drug-likeness (QED) is 0.830. The van der Waals surface area contributed by atoms with Gasteiger partial charge in [-0.3, -0.25) is 4.79 Å². The summed E-state index contributed by atoms with van der Waals surface area (Å²) in [6, 6.07) is 3.27. The van der Waals surface area contributed by atoms with Crippen LogP contribution in [0.1, 0.15) is 28.9 Å². The molecule has 0 aliphatic carbocycles. The number of hydrogen-bond donors (Lipinski definition) is 2. The van der Waals surface area contributed by atoms with Crippen LogP contribution in [0.25, 0.3) is 0 Å². The van der Waals surface area contributed by atoms with Gasteiger partial charge in [-0.25, -0.2) is 4.98 Å². The molecule has 5 nitrogen and oxygen atoms in total. The number of nitrogens with two attached hydrogens (primary N) is 1. The van der Waals surface area contributed by atoms with Crippen molar-refractivity contribution in [3.8, 4) is 5.88 Å². The molecule has 0 radical (unpaired) electrons. The lowest BCUT2D eigenvalue weighted by Gasteiger charge is -2.22. The van der Waals surface area contributed by atoms with Gasteiger partial charge in [0.05, 0.1) is 6.61 Å². The van der Waals surface area contributed by atoms with Crippen LogP contribution in [0, 0.1) is 12.8 Å². The van der Waals surface area contributed by atoms with Crippen molar-refractivity contribution < 1.29 is 9.53 Å². The maximum Gasteiger partial charge on any atom is 0.248 e. The van der Waals surface area contributed by atoms with Crippen molar-refractivity contribution in [1.29, 1.82) is 0 Å². The Bertz CT molecular complexity index is 428. The van der Waals surface area contributed by atoms with E-state index in [9.17, 15) is 4.79 Å². The highest BCUT2D eigenvalue weighted by atomic mass is 16.5. The predicted octanol–water partition coefficient (Wildman–Crippen LogP) is 0.867. The molecule has 0 saturated carbocycles. The lowest BCUT2D eigenvalue weighted by atomic mass is 9.99. The molecule has 1 aliphatic rings. The Morgan fingerprint density at radius 1 is 1.50 bits per heavy atom. The third-order valence-electron chi connectivity index (χ3n) is 3.14. The number of aryl methyl sites for hydroxylation is 1. The maximum atomic E-state index is 11.1. The first kappa shape index (κ1) is 12.8. The van der Waals surface area contributed by atoms with Gasteiger partial charge < -0.3 is 15.8 Å². The van der Waals surface area contributed by atoms with E-state index >= 15 is 0 Å². The molecule has 1 amide bonds. The minimum absolute atomic E-state index is 0.447. The zero-order valence-electron chi connectivity index (χ0n) is 10.6. The van der Waals surface area contributed by atoms with E-state index in [4.69, 9.17) is 10.5 Å². The number of carbonyl (C=O) groups excluding carboxylic acids is 1. The van der Waals surface area contributed by atoms with Gasteiger partial charge in [0.25, 0.3) is 0 Å². The average Bonchev–Trinajstić information content (AvgIpc) is 2.37. The minimum Gasteiger partial charge on any atom is -0.477 e. The number of aromatic nitrogens is 1. The second kappa shape index (κ2) is 5.82. The smallest absolute Gasteiger partial charge is 0.248 e. The van der Waals surface area contributed by atoms with Crippen LogP contribution in [0.3, 0.4) is 0 Å². The highest BCUT2D eigenvalue weighted by Gasteiger charge is 2.14. The van der Waals surface area contributed by atoms with Crippen molar-refractivity contribution in [2.24, 2.45) is 11.7 Å². The van der Waals surface area contributed by atoms with E-state index in [1.54, 1.807) is 12.1 Å². The number of hydrogen-bond acceptors (Lipinski definition) is 4. The number of rotatable bonds is 4. The number of pyridine rings is 1. The van der Waals surface area contributed by atoms with Crippen molar-refractivity contribution in [2.75, 3.05) is 19.7 Å². The Morgan fingerprint density at radius 2 is 2.22 bits per heavy atom. The highest BCUT2D eigenvalue weighted by molar-refractivity contribution is 5.93. The third-order valence-corrected chi connectivity index (χ3v) is 3.14. The largest absolute Gasteiger partial charge is 0.477 e. The molecule has 98 valence electrons. The summed E-state index contributed by atoms with van der Waals surface area (Å²) < 4.78 is 5.67. The Hall–Kier alpha value is -1.62. The molecule has 0 atom stereocenters. The lowest BCUT2D eigenvalue weighted by Crippen LogP contribution is -2.30. The molecule has 1 fully saturated rings. The molecular weight excluding hydrogens is 230 g/mol. The number of nitrogens with zero attached hydrogens (tertiary/aromatic N) is 1. The Balaban J connectivity index is 1.97. The molecule has 2 rings (SSSR count). The summed E-state index contributed by atoms with van der Waals surface area (Å²) in [7, 11) is 0. The number of amides is 1. The Labute approximate surface area is 107 Å². The normalized spacial score (nSPS) is 16.5. The molecule has 1 aliphatic heterocycles. The van der Waals surface area contributed by atoms with Gasteiger partial charge in [0.15, 0.2) is 0 Å². The molecule has 3 N–H and O–H groups in total. The number of ether oxygens (including phenoxy) is 1. The molecule has 0 unspecified atom stereocenters. The first-order valence-electron chi connectivity index (χ1n) is 6.27. The molecule has 5 heteroatoms. The molecular formula is C13H19N3O2. The van der Waals surface area contributed by atoms with Gasteiger partial charge in [-0.2, -0.15) is 0 Å². The van der Waals surface area contributed by atoms with E-state index in [-0.39, 0.29) is 0 Å². The lowest BCUT2D eigenvalue weighted by molar-refractivity contribution is 0.0999. The van der Waals surface area contributed by atoms with Gasteiger partial charge in [-0.1, -0.05) is 0 Å². The van der Waals surface area contributed by atoms with Crippen LogP contribution in [0.4, 0.5) is 0 Å². The number of piperidine rings is 1. The van der Waals surface area contributed by atoms with E-state index in [0.29, 0.717) is 24.0 Å². The fraction of sp³-hybridized carbons (Fsp3) is 0.538. The maximum absolute atomic E-state index is 11.1. The molecule has 18 heavy (non-hydrogen) atoms. The van der Waals surface area contributed by atoms with Crippen LogP contribution in [-0.4, -0.2) is 30.6 Å². The van der Waals surface area contributed by atoms with E-state index < -0.39 is 5.91 Å². The molecule has 2 heterocycles. The average molecular weight is 249 g/mol. The second-order valence-corrected chi connectivity index (χ2v) is 4.70. The SMILES string of the molecule is Cc1cc(C(N)=O)cc(OCC2CCNCC2)n1. The van der Waals surface area contributed by atoms with Gasteiger partial charge in [0, 0.05) is 17.3 Å². The third kappa shape index (κ3) is 3.43. The molecule has 0 aromatic carbocycles. The van der Waals surface area contributed by atoms with Crippen molar-refractivity contribution in [2.45, 2.75) is 19.8 Å². The summed E-state index contributed by atoms with van der Waals surface area (Å²) >= 11 is 0. The van der Waals surface area contributed by atoms with Crippen molar-refractivity contribution >= 4 is 5.91 Å². The van der Waals surface area contributed by atoms with Crippen LogP contribution in [-0.2, 0) is 0 Å². The summed E-state index contributed by atoms with van der Waals surface area (Å²) in [5.74, 6) is 0.597. The van der Waals surface area contributed by atoms with Crippen LogP contribution < -0.4 is 15.8 Å². The predicted molar refractivity (Wildman–Crippen MR) is 68.6 cm³/mol. The van der Waals surface area contributed by atoms with E-state index in [2.05, 4.69) is 10.3 Å². The van der Waals surface area contributed by atoms with Gasteiger partial charge in [-0.15, -0.1) is 0 Å². The van der Waals surface area contributed by atoms with Crippen molar-refractivity contribution in [1.82, 2.24) is 10.3 Å². The van der Waals surface area contributed by atoms with Gasteiger partial charge >= 0.3 is 0 Å². The topological polar surface area (TPSA) is 77.2 Å². The summed E-state index contributed by atoms with van der Waals surface area (Å²) in [5.41, 5.74) is 6.45. The molecule has 1 aromatic rings. The van der Waals surface area contributed by atoms with Gasteiger partial charge in [0.2, 0.25) is 11.8 Å². The van der Waals surface area contributed by atoms with Crippen LogP contribution in [0.5, 0.6) is 5.88 Å². The van der Waals surface area contributed by atoms with E-state index in [1.165, 1.54) is 0 Å². The zero-order valence-corrected chi connectivity index (χ0v) is 10.6. The van der Waals surface area contributed by atoms with Crippen LogP contribution in [0.2, 0.25) is 0 Å². The highest BCUT2D eigenvalue weighted by Crippen LogP contribution is 2.16. The first-order valence-corrected chi connectivity index (χ1v) is 6.27. The molecule has 0 spiro atoms. The van der Waals surface area contributed by atoms with Crippen LogP contribution >= 0.6 is 0 Å². The number of carbonyl (C=O) groups is 1. The molecule has 0 bridgehead atoms. The van der Waals surface area contributed by atoms with E-state index in [0.717, 1.165) is 31.6 Å². The minimum atomic E-state index is -0.452. The van der Waals surface area contributed by atoms with Gasteiger partial charge in [0.1, 0.15) is 0 Å². The standard InChI is InChI=1S/C13H19N3O2/c1-9-6-11(13(14)17)7-12(16-9)18-8-10-2-4-15-5-3-10/h6-7,10,15H,2-5,8H2,1H3,(H2,14,17). The molecule has 1 aromatic heterocycles. The summed E-state index contributed by atoms with van der Waals surface area (Å²) in [4.78, 5) is 15.4. The number of primary amides is 1. The summed E-state index contributed by atoms with van der Waals surface area (Å²) in [5, 5.41) is 3.31. The second-order valence-electron chi connectivity index (χ2n) is 4.70. The van der Waals surface area contributed by atoms with E-state index in [1.807, 2.05) is 6.92 Å². The number of nitrogens with one attached hydrogen (secondary N) is 1. The molecule has 1 saturated heterocycles. The Morgan fingerprint density at radius 3 is 2.89 bits per heavy atom. The van der Waals surface area contributed by atoms with Crippen molar-refractivity contribution in [3.63, 3.8) is 0 Å². The monoisotopic (exact) mass is 249 g/mol. The van der Waals surface area contributed by atoms with Gasteiger partial charge in [-0.05, 0) is 44.8 Å². The summed E-state index contributed by atoms with van der Waals surface area (Å²) in [6.45, 7) is 4.56. The van der Waals surface area contributed by atoms with Crippen molar-refractivity contribution in [3.05, 3.63) is 23.4 Å². The fourth-order valence-electron chi connectivity index (χ4n) is 2.11. The zero-order chi connectivity index (χ0) is 13.0. The first-order chi connectivity index (χ1) is 8.65. The summed E-state index contributed by atoms with van der Waals surface area (Å²) in [6.07, 6.45) is 2.24. The fourth-order valence-corrected chi connectivity index (χ4v) is 2.11. The van der Waals surface area contributed by atoms with Crippen LogP contribution in [0.15, 0.2) is 12.1 Å².